The molecule has 6 heteroatoms. The molecule has 1 aliphatic carbocycles. The molecule has 36 heavy (non-hydrogen) atoms. The van der Waals surface area contributed by atoms with Crippen molar-refractivity contribution in [3.63, 3.8) is 0 Å². The van der Waals surface area contributed by atoms with Crippen LogP contribution in [0.1, 0.15) is 50.3 Å². The largest absolute Gasteiger partial charge is 0.492 e. The van der Waals surface area contributed by atoms with Gasteiger partial charge in [0.1, 0.15) is 6.61 Å². The van der Waals surface area contributed by atoms with E-state index in [1.807, 2.05) is 88.4 Å². The summed E-state index contributed by atoms with van der Waals surface area (Å²) in [5, 5.41) is 2.92. The van der Waals surface area contributed by atoms with Gasteiger partial charge >= 0.3 is 13.2 Å². The molecular formula is C30H32BNO4. The molecule has 5 rings (SSSR count). The van der Waals surface area contributed by atoms with Gasteiger partial charge in [0, 0.05) is 12.5 Å². The molecule has 1 heterocycles. The van der Waals surface area contributed by atoms with E-state index in [4.69, 9.17) is 14.0 Å². The fourth-order valence-electron chi connectivity index (χ4n) is 4.78. The van der Waals surface area contributed by atoms with Crippen LogP contribution in [0.4, 0.5) is 4.79 Å². The Morgan fingerprint density at radius 3 is 1.97 bits per heavy atom. The first-order chi connectivity index (χ1) is 17.2. The Morgan fingerprint density at radius 2 is 1.39 bits per heavy atom. The lowest BCUT2D eigenvalue weighted by Gasteiger charge is -2.32. The van der Waals surface area contributed by atoms with Crippen LogP contribution < -0.4 is 5.32 Å². The molecule has 0 aromatic heterocycles. The van der Waals surface area contributed by atoms with Crippen LogP contribution in [0.2, 0.25) is 0 Å². The zero-order valence-corrected chi connectivity index (χ0v) is 21.3. The highest BCUT2D eigenvalue weighted by molar-refractivity contribution is 6.56. The lowest BCUT2D eigenvalue weighted by Crippen LogP contribution is -2.41. The molecule has 1 N–H and O–H groups in total. The van der Waals surface area contributed by atoms with Gasteiger partial charge in [-0.2, -0.15) is 0 Å². The van der Waals surface area contributed by atoms with E-state index in [9.17, 15) is 4.79 Å². The molecule has 0 bridgehead atoms. The predicted octanol–water partition coefficient (Wildman–Crippen LogP) is 6.24. The van der Waals surface area contributed by atoms with Gasteiger partial charge < -0.3 is 19.4 Å². The molecule has 3 aromatic rings. The molecule has 2 aliphatic rings. The van der Waals surface area contributed by atoms with Crippen LogP contribution in [0.25, 0.3) is 17.2 Å². The summed E-state index contributed by atoms with van der Waals surface area (Å²) in [5.74, 6) is 0.0191. The maximum Gasteiger partial charge on any atom is 0.492 e. The third kappa shape index (κ3) is 4.71. The van der Waals surface area contributed by atoms with Crippen LogP contribution in [-0.4, -0.2) is 37.6 Å². The Bertz CT molecular complexity index is 1220. The Hall–Kier alpha value is -3.35. The molecule has 1 saturated heterocycles. The lowest BCUT2D eigenvalue weighted by molar-refractivity contribution is 0.00578. The van der Waals surface area contributed by atoms with E-state index in [1.54, 1.807) is 0 Å². The zero-order valence-electron chi connectivity index (χ0n) is 21.3. The van der Waals surface area contributed by atoms with Gasteiger partial charge in [-0.25, -0.2) is 4.79 Å². The van der Waals surface area contributed by atoms with E-state index in [0.717, 1.165) is 11.0 Å². The minimum absolute atomic E-state index is 0.0191. The van der Waals surface area contributed by atoms with Gasteiger partial charge in [0.15, 0.2) is 0 Å². The molecular weight excluding hydrogens is 449 g/mol. The first-order valence-corrected chi connectivity index (χ1v) is 12.5. The molecule has 0 saturated carbocycles. The number of alkyl carbamates (subject to hydrolysis) is 1. The third-order valence-corrected chi connectivity index (χ3v) is 7.49. The minimum atomic E-state index is -0.566. The monoisotopic (exact) mass is 481 g/mol. The Morgan fingerprint density at radius 1 is 0.861 bits per heavy atom. The summed E-state index contributed by atoms with van der Waals surface area (Å²) in [7, 11) is -0.566. The smallest absolute Gasteiger partial charge is 0.449 e. The van der Waals surface area contributed by atoms with Gasteiger partial charge in [-0.1, -0.05) is 84.9 Å². The van der Waals surface area contributed by atoms with E-state index in [2.05, 4.69) is 29.6 Å². The SMILES string of the molecule is CC1(C)OB(C(=Cc2ccccc2)CNC(=O)OCC2c3ccccc3-c3ccccc32)OC1(C)C. The molecule has 3 aromatic carbocycles. The van der Waals surface area contributed by atoms with Crippen LogP contribution in [0.5, 0.6) is 0 Å². The number of rotatable bonds is 6. The third-order valence-electron chi connectivity index (χ3n) is 7.49. The highest BCUT2D eigenvalue weighted by atomic mass is 16.7. The molecule has 0 radical (unpaired) electrons. The van der Waals surface area contributed by atoms with Crippen LogP contribution in [-0.2, 0) is 14.0 Å². The second-order valence-electron chi connectivity index (χ2n) is 10.4. The highest BCUT2D eigenvalue weighted by Gasteiger charge is 2.52. The van der Waals surface area contributed by atoms with Crippen molar-refractivity contribution in [3.8, 4) is 11.1 Å². The summed E-state index contributed by atoms with van der Waals surface area (Å²) in [5.41, 5.74) is 5.67. The number of carbonyl (C=O) groups excluding carboxylic acids is 1. The van der Waals surface area contributed by atoms with Gasteiger partial charge in [0.25, 0.3) is 0 Å². The van der Waals surface area contributed by atoms with Crippen LogP contribution in [0, 0.1) is 0 Å². The zero-order chi connectivity index (χ0) is 25.3. The number of carbonyl (C=O) groups is 1. The van der Waals surface area contributed by atoms with Crippen molar-refractivity contribution in [3.05, 3.63) is 101 Å². The lowest BCUT2D eigenvalue weighted by atomic mass is 9.77. The number of fused-ring (bicyclic) bond motifs is 3. The van der Waals surface area contributed by atoms with Gasteiger partial charge in [-0.15, -0.1) is 0 Å². The maximum atomic E-state index is 12.8. The van der Waals surface area contributed by atoms with E-state index in [-0.39, 0.29) is 19.1 Å². The van der Waals surface area contributed by atoms with Gasteiger partial charge in [0.2, 0.25) is 0 Å². The molecule has 0 spiro atoms. The molecule has 1 fully saturated rings. The summed E-state index contributed by atoms with van der Waals surface area (Å²) < 4.78 is 18.3. The fraction of sp³-hybridized carbons (Fsp3) is 0.300. The van der Waals surface area contributed by atoms with Crippen molar-refractivity contribution in [2.45, 2.75) is 44.8 Å². The Kier molecular flexibility index (Phi) is 6.50. The molecule has 1 aliphatic heterocycles. The number of hydrogen-bond acceptors (Lipinski definition) is 4. The van der Waals surface area contributed by atoms with Crippen molar-refractivity contribution in [1.82, 2.24) is 5.32 Å². The van der Waals surface area contributed by atoms with Crippen LogP contribution in [0.15, 0.2) is 84.3 Å². The van der Waals surface area contributed by atoms with Crippen molar-refractivity contribution in [2.24, 2.45) is 0 Å². The molecule has 184 valence electrons. The topological polar surface area (TPSA) is 56.8 Å². The number of nitrogens with one attached hydrogen (secondary N) is 1. The summed E-state index contributed by atoms with van der Waals surface area (Å²) >= 11 is 0. The normalized spacial score (nSPS) is 18.0. The number of amides is 1. The highest BCUT2D eigenvalue weighted by Crippen LogP contribution is 2.44. The van der Waals surface area contributed by atoms with E-state index < -0.39 is 24.4 Å². The van der Waals surface area contributed by atoms with Crippen LogP contribution in [0.3, 0.4) is 0 Å². The van der Waals surface area contributed by atoms with Gasteiger partial charge in [0.05, 0.1) is 11.2 Å². The van der Waals surface area contributed by atoms with E-state index in [1.165, 1.54) is 22.3 Å². The molecule has 1 amide bonds. The van der Waals surface area contributed by atoms with Crippen molar-refractivity contribution >= 4 is 19.3 Å². The maximum absolute atomic E-state index is 12.8. The summed E-state index contributed by atoms with van der Waals surface area (Å²) in [6.45, 7) is 8.60. The van der Waals surface area contributed by atoms with E-state index >= 15 is 0 Å². The Balaban J connectivity index is 1.28. The second-order valence-corrected chi connectivity index (χ2v) is 10.4. The van der Waals surface area contributed by atoms with Gasteiger partial charge in [-0.3, -0.25) is 0 Å². The quantitative estimate of drug-likeness (QED) is 0.424. The van der Waals surface area contributed by atoms with Gasteiger partial charge in [-0.05, 0) is 61.0 Å². The number of benzene rings is 3. The standard InChI is InChI=1S/C30H32BNO4/c1-29(2)30(3,4)36-31(35-29)22(18-21-12-6-5-7-13-21)19-32-28(33)34-20-27-25-16-10-8-14-23(25)24-15-9-11-17-26(24)27/h5-18,27H,19-20H2,1-4H3,(H,32,33). The van der Waals surface area contributed by atoms with Crippen LogP contribution >= 0.6 is 0 Å². The van der Waals surface area contributed by atoms with Crippen molar-refractivity contribution < 1.29 is 18.8 Å². The Labute approximate surface area is 213 Å². The summed E-state index contributed by atoms with van der Waals surface area (Å²) in [4.78, 5) is 12.8. The summed E-state index contributed by atoms with van der Waals surface area (Å²) in [6.07, 6.45) is 1.54. The molecule has 0 atom stereocenters. The summed E-state index contributed by atoms with van der Waals surface area (Å²) in [6, 6.07) is 26.6. The van der Waals surface area contributed by atoms with Crippen molar-refractivity contribution in [1.29, 1.82) is 0 Å². The van der Waals surface area contributed by atoms with E-state index in [0.29, 0.717) is 0 Å². The average Bonchev–Trinajstić information content (AvgIpc) is 3.30. The minimum Gasteiger partial charge on any atom is -0.449 e. The number of ether oxygens (including phenoxy) is 1. The predicted molar refractivity (Wildman–Crippen MR) is 144 cm³/mol. The molecule has 5 nitrogen and oxygen atoms in total. The van der Waals surface area contributed by atoms with Crippen molar-refractivity contribution in [2.75, 3.05) is 13.2 Å². The number of hydrogen-bond donors (Lipinski definition) is 1. The second kappa shape index (κ2) is 9.60. The first-order valence-electron chi connectivity index (χ1n) is 12.5. The first kappa shape index (κ1) is 24.4. The molecule has 0 unspecified atom stereocenters. The average molecular weight is 481 g/mol. The fourth-order valence-corrected chi connectivity index (χ4v) is 4.78.